The lowest BCUT2D eigenvalue weighted by atomic mass is 9.87. The van der Waals surface area contributed by atoms with Crippen LogP contribution in [0.3, 0.4) is 0 Å². The van der Waals surface area contributed by atoms with Crippen LogP contribution >= 0.6 is 15.9 Å². The van der Waals surface area contributed by atoms with Crippen molar-refractivity contribution in [3.05, 3.63) is 39.4 Å². The lowest BCUT2D eigenvalue weighted by molar-refractivity contribution is -0.136. The SMILES string of the molecule is CCc1cc(Br)ccc1C=C1C(=O)C2(CCCC2)OC1(C)C. The Kier molecular flexibility index (Phi) is 4.07. The molecule has 0 radical (unpaired) electrons. The number of carbonyl (C=O) groups is 1. The van der Waals surface area contributed by atoms with Crippen molar-refractivity contribution in [1.82, 2.24) is 0 Å². The first-order valence-corrected chi connectivity index (χ1v) is 8.93. The molecule has 0 atom stereocenters. The summed E-state index contributed by atoms with van der Waals surface area (Å²) in [6, 6.07) is 6.24. The first-order valence-electron chi connectivity index (χ1n) is 8.13. The Morgan fingerprint density at radius 1 is 1.27 bits per heavy atom. The van der Waals surface area contributed by atoms with Crippen molar-refractivity contribution in [2.75, 3.05) is 0 Å². The van der Waals surface area contributed by atoms with Gasteiger partial charge in [0.2, 0.25) is 0 Å². The Morgan fingerprint density at radius 2 is 1.95 bits per heavy atom. The number of aryl methyl sites for hydroxylation is 1. The number of hydrogen-bond acceptors (Lipinski definition) is 2. The average molecular weight is 363 g/mol. The van der Waals surface area contributed by atoms with Crippen LogP contribution in [0.15, 0.2) is 28.2 Å². The number of Topliss-reactive ketones (excluding diaryl/α,β-unsaturated/α-hetero) is 1. The third-order valence-electron chi connectivity index (χ3n) is 4.95. The Labute approximate surface area is 141 Å². The molecule has 2 fully saturated rings. The van der Waals surface area contributed by atoms with E-state index in [2.05, 4.69) is 41.1 Å². The van der Waals surface area contributed by atoms with Crippen LogP contribution in [0.5, 0.6) is 0 Å². The van der Waals surface area contributed by atoms with Crippen LogP contribution < -0.4 is 0 Å². The van der Waals surface area contributed by atoms with Gasteiger partial charge in [-0.2, -0.15) is 0 Å². The van der Waals surface area contributed by atoms with E-state index in [9.17, 15) is 4.79 Å². The van der Waals surface area contributed by atoms with Gasteiger partial charge in [0.05, 0.1) is 5.60 Å². The fourth-order valence-electron chi connectivity index (χ4n) is 3.80. The largest absolute Gasteiger partial charge is 0.356 e. The number of rotatable bonds is 2. The number of ketones is 1. The molecule has 1 saturated heterocycles. The Bertz CT molecular complexity index is 637. The molecule has 1 heterocycles. The third kappa shape index (κ3) is 2.59. The standard InChI is InChI=1S/C19H23BrO2/c1-4-13-11-15(20)8-7-14(13)12-16-17(21)19(9-5-6-10-19)22-18(16,2)3/h7-8,11-12H,4-6,9-10H2,1-3H3. The highest BCUT2D eigenvalue weighted by atomic mass is 79.9. The lowest BCUT2D eigenvalue weighted by Gasteiger charge is -2.25. The molecule has 3 rings (SSSR count). The van der Waals surface area contributed by atoms with Gasteiger partial charge in [-0.3, -0.25) is 4.79 Å². The van der Waals surface area contributed by atoms with E-state index < -0.39 is 11.2 Å². The first kappa shape index (κ1) is 15.9. The Balaban J connectivity index is 2.05. The fourth-order valence-corrected chi connectivity index (χ4v) is 4.21. The molecule has 0 bridgehead atoms. The predicted octanol–water partition coefficient (Wildman–Crippen LogP) is 5.09. The highest BCUT2D eigenvalue weighted by Crippen LogP contribution is 2.48. The number of halogens is 1. The number of ether oxygens (including phenoxy) is 1. The molecule has 1 saturated carbocycles. The Hall–Kier alpha value is -0.930. The van der Waals surface area contributed by atoms with Crippen molar-refractivity contribution in [3.8, 4) is 0 Å². The van der Waals surface area contributed by atoms with Gasteiger partial charge in [0, 0.05) is 10.0 Å². The summed E-state index contributed by atoms with van der Waals surface area (Å²) in [4.78, 5) is 13.0. The van der Waals surface area contributed by atoms with E-state index in [-0.39, 0.29) is 5.78 Å². The van der Waals surface area contributed by atoms with Gasteiger partial charge in [0.15, 0.2) is 5.78 Å². The second-order valence-corrected chi connectivity index (χ2v) is 7.81. The van der Waals surface area contributed by atoms with Crippen LogP contribution in [0.25, 0.3) is 6.08 Å². The van der Waals surface area contributed by atoms with E-state index in [1.54, 1.807) is 0 Å². The monoisotopic (exact) mass is 362 g/mol. The molecule has 22 heavy (non-hydrogen) atoms. The van der Waals surface area contributed by atoms with Crippen LogP contribution in [0.1, 0.15) is 57.6 Å². The van der Waals surface area contributed by atoms with Crippen molar-refractivity contribution in [2.24, 2.45) is 0 Å². The van der Waals surface area contributed by atoms with Crippen molar-refractivity contribution in [3.63, 3.8) is 0 Å². The number of carbonyl (C=O) groups excluding carboxylic acids is 1. The van der Waals surface area contributed by atoms with Gasteiger partial charge < -0.3 is 4.74 Å². The zero-order valence-electron chi connectivity index (χ0n) is 13.5. The molecular weight excluding hydrogens is 340 g/mol. The predicted molar refractivity (Wildman–Crippen MR) is 92.9 cm³/mol. The molecule has 2 aliphatic rings. The maximum atomic E-state index is 13.0. The smallest absolute Gasteiger partial charge is 0.193 e. The molecule has 1 spiro atoms. The minimum atomic E-state index is -0.545. The van der Waals surface area contributed by atoms with Crippen LogP contribution in [0.4, 0.5) is 0 Å². The highest BCUT2D eigenvalue weighted by Gasteiger charge is 2.55. The van der Waals surface area contributed by atoms with Gasteiger partial charge in [-0.15, -0.1) is 0 Å². The summed E-state index contributed by atoms with van der Waals surface area (Å²) in [7, 11) is 0. The lowest BCUT2D eigenvalue weighted by Crippen LogP contribution is -2.33. The molecule has 0 unspecified atom stereocenters. The van der Waals surface area contributed by atoms with Crippen molar-refractivity contribution in [2.45, 2.75) is 64.1 Å². The molecule has 3 heteroatoms. The van der Waals surface area contributed by atoms with E-state index in [4.69, 9.17) is 4.74 Å². The zero-order chi connectivity index (χ0) is 16.0. The zero-order valence-corrected chi connectivity index (χ0v) is 15.1. The van der Waals surface area contributed by atoms with E-state index >= 15 is 0 Å². The van der Waals surface area contributed by atoms with Crippen LogP contribution in [0, 0.1) is 0 Å². The van der Waals surface area contributed by atoms with Crippen LogP contribution in [0.2, 0.25) is 0 Å². The molecule has 0 amide bonds. The van der Waals surface area contributed by atoms with Crippen molar-refractivity contribution >= 4 is 27.8 Å². The molecule has 1 aliphatic carbocycles. The first-order chi connectivity index (χ1) is 10.4. The van der Waals surface area contributed by atoms with E-state index in [0.717, 1.165) is 47.7 Å². The second kappa shape index (κ2) is 5.61. The van der Waals surface area contributed by atoms with Crippen molar-refractivity contribution in [1.29, 1.82) is 0 Å². The number of hydrogen-bond donors (Lipinski definition) is 0. The molecular formula is C19H23BrO2. The summed E-state index contributed by atoms with van der Waals surface area (Å²) in [6.45, 7) is 6.18. The molecule has 1 aliphatic heterocycles. The summed E-state index contributed by atoms with van der Waals surface area (Å²) in [5.41, 5.74) is 2.15. The van der Waals surface area contributed by atoms with E-state index in [1.165, 1.54) is 5.56 Å². The molecule has 1 aromatic rings. The summed E-state index contributed by atoms with van der Waals surface area (Å²) in [5, 5.41) is 0. The summed E-state index contributed by atoms with van der Waals surface area (Å²) in [5.74, 6) is 0.208. The molecule has 1 aromatic carbocycles. The maximum absolute atomic E-state index is 13.0. The molecule has 0 N–H and O–H groups in total. The van der Waals surface area contributed by atoms with Crippen molar-refractivity contribution < 1.29 is 9.53 Å². The quantitative estimate of drug-likeness (QED) is 0.685. The van der Waals surface area contributed by atoms with Gasteiger partial charge in [0.25, 0.3) is 0 Å². The highest BCUT2D eigenvalue weighted by molar-refractivity contribution is 9.10. The van der Waals surface area contributed by atoms with Gasteiger partial charge in [-0.1, -0.05) is 28.9 Å². The molecule has 118 valence electrons. The topological polar surface area (TPSA) is 26.3 Å². The maximum Gasteiger partial charge on any atom is 0.193 e. The van der Waals surface area contributed by atoms with Crippen LogP contribution in [-0.2, 0) is 16.0 Å². The third-order valence-corrected chi connectivity index (χ3v) is 5.45. The summed E-state index contributed by atoms with van der Waals surface area (Å²) in [6.07, 6.45) is 6.92. The van der Waals surface area contributed by atoms with Gasteiger partial charge in [-0.05, 0) is 75.3 Å². The van der Waals surface area contributed by atoms with Crippen LogP contribution in [-0.4, -0.2) is 17.0 Å². The summed E-state index contributed by atoms with van der Waals surface area (Å²) < 4.78 is 7.34. The van der Waals surface area contributed by atoms with Gasteiger partial charge in [-0.25, -0.2) is 0 Å². The van der Waals surface area contributed by atoms with Gasteiger partial charge in [0.1, 0.15) is 5.60 Å². The second-order valence-electron chi connectivity index (χ2n) is 6.90. The minimum Gasteiger partial charge on any atom is -0.356 e. The van der Waals surface area contributed by atoms with Gasteiger partial charge >= 0.3 is 0 Å². The fraction of sp³-hybridized carbons (Fsp3) is 0.526. The molecule has 2 nitrogen and oxygen atoms in total. The molecule has 0 aromatic heterocycles. The van der Waals surface area contributed by atoms with E-state index in [1.807, 2.05) is 19.9 Å². The van der Waals surface area contributed by atoms with E-state index in [0.29, 0.717) is 0 Å². The number of benzene rings is 1. The minimum absolute atomic E-state index is 0.208. The average Bonchev–Trinajstić information content (AvgIpc) is 2.99. The summed E-state index contributed by atoms with van der Waals surface area (Å²) >= 11 is 3.52. The Morgan fingerprint density at radius 3 is 2.59 bits per heavy atom. The normalized spacial score (nSPS) is 24.5.